The first-order valence-electron chi connectivity index (χ1n) is 12.9. The van der Waals surface area contributed by atoms with Gasteiger partial charge in [-0.05, 0) is 67.8 Å². The van der Waals surface area contributed by atoms with Gasteiger partial charge in [0.05, 0.1) is 16.9 Å². The van der Waals surface area contributed by atoms with Gasteiger partial charge in [0.1, 0.15) is 28.9 Å². The molecule has 0 spiro atoms. The molecule has 11 nitrogen and oxygen atoms in total. The fourth-order valence-electron chi connectivity index (χ4n) is 4.25. The lowest BCUT2D eigenvalue weighted by atomic mass is 10.1. The molecule has 216 valence electrons. The van der Waals surface area contributed by atoms with E-state index in [1.54, 1.807) is 23.1 Å². The second kappa shape index (κ2) is 10.6. The number of rotatable bonds is 10. The van der Waals surface area contributed by atoms with Crippen molar-refractivity contribution in [2.75, 3.05) is 11.6 Å². The number of anilines is 1. The summed E-state index contributed by atoms with van der Waals surface area (Å²) in [6, 6.07) is 15.1. The first-order valence-corrected chi connectivity index (χ1v) is 14.8. The van der Waals surface area contributed by atoms with Crippen molar-refractivity contribution in [1.29, 1.82) is 0 Å². The largest absolute Gasteiger partial charge is 0.470 e. The summed E-state index contributed by atoms with van der Waals surface area (Å²) < 4.78 is 62.7. The summed E-state index contributed by atoms with van der Waals surface area (Å²) >= 11 is 0. The second-order valence-electron chi connectivity index (χ2n) is 10.1. The smallest absolute Gasteiger partial charge is 0.387 e. The van der Waals surface area contributed by atoms with E-state index in [9.17, 15) is 17.2 Å². The molecule has 0 radical (unpaired) electrons. The number of hydrogen-bond acceptors (Lipinski definition) is 10. The Morgan fingerprint density at radius 3 is 2.50 bits per heavy atom. The Bertz CT molecular complexity index is 1860. The van der Waals surface area contributed by atoms with Crippen LogP contribution in [0.3, 0.4) is 0 Å². The highest BCUT2D eigenvalue weighted by atomic mass is 32.2. The van der Waals surface area contributed by atoms with Crippen LogP contribution in [0.15, 0.2) is 72.1 Å². The number of nitrogens with one attached hydrogen (secondary N) is 1. The minimum absolute atomic E-state index is 0.284. The number of hydrogen-bond donors (Lipinski definition) is 1. The number of alkyl halides is 2. The molecule has 1 N–H and O–H groups in total. The molecule has 1 saturated carbocycles. The molecular formula is C28H25F2N7O4S. The van der Waals surface area contributed by atoms with E-state index in [4.69, 9.17) is 4.74 Å². The summed E-state index contributed by atoms with van der Waals surface area (Å²) in [5.41, 5.74) is 3.18. The summed E-state index contributed by atoms with van der Waals surface area (Å²) in [5.74, 6) is 0.200. The van der Waals surface area contributed by atoms with Crippen molar-refractivity contribution in [1.82, 2.24) is 29.7 Å². The Kier molecular flexibility index (Phi) is 6.93. The van der Waals surface area contributed by atoms with Gasteiger partial charge in [-0.15, -0.1) is 0 Å². The van der Waals surface area contributed by atoms with Crippen molar-refractivity contribution in [3.05, 3.63) is 72.8 Å². The maximum atomic E-state index is 12.9. The molecular weight excluding hydrogens is 568 g/mol. The number of sulfone groups is 1. The van der Waals surface area contributed by atoms with Gasteiger partial charge in [-0.1, -0.05) is 12.1 Å². The molecule has 3 aromatic heterocycles. The summed E-state index contributed by atoms with van der Waals surface area (Å²) in [6.45, 7) is -0.737. The SMILES string of the molecule is CC1(Oc2nc(NCc3ccc(-n4cncn4)cc3)nc3ccc(-c4ccc(OC(F)F)c(S(C)(=O)=O)c4)nc23)CC1. The molecule has 3 heterocycles. The van der Waals surface area contributed by atoms with Crippen molar-refractivity contribution in [2.24, 2.45) is 0 Å². The van der Waals surface area contributed by atoms with Crippen LogP contribution in [0.2, 0.25) is 0 Å². The zero-order chi connectivity index (χ0) is 29.5. The number of ether oxygens (including phenoxy) is 2. The minimum atomic E-state index is -3.88. The lowest BCUT2D eigenvalue weighted by Gasteiger charge is -2.16. The van der Waals surface area contributed by atoms with Crippen molar-refractivity contribution >= 4 is 26.8 Å². The van der Waals surface area contributed by atoms with E-state index >= 15 is 0 Å². The summed E-state index contributed by atoms with van der Waals surface area (Å²) in [6.07, 6.45) is 5.75. The lowest BCUT2D eigenvalue weighted by molar-refractivity contribution is -0.0517. The minimum Gasteiger partial charge on any atom is -0.470 e. The summed E-state index contributed by atoms with van der Waals surface area (Å²) in [5, 5.41) is 7.37. The van der Waals surface area contributed by atoms with Gasteiger partial charge >= 0.3 is 6.61 Å². The van der Waals surface area contributed by atoms with Crippen molar-refractivity contribution < 1.29 is 26.7 Å². The number of aromatic nitrogens is 6. The topological polar surface area (TPSA) is 134 Å². The Morgan fingerprint density at radius 2 is 1.83 bits per heavy atom. The highest BCUT2D eigenvalue weighted by molar-refractivity contribution is 7.90. The summed E-state index contributed by atoms with van der Waals surface area (Å²) in [4.78, 5) is 17.5. The van der Waals surface area contributed by atoms with Gasteiger partial charge in [0.2, 0.25) is 11.8 Å². The molecule has 42 heavy (non-hydrogen) atoms. The van der Waals surface area contributed by atoms with Crippen molar-refractivity contribution in [3.63, 3.8) is 0 Å². The monoisotopic (exact) mass is 593 g/mol. The highest BCUT2D eigenvalue weighted by Gasteiger charge is 2.41. The van der Waals surface area contributed by atoms with Crippen LogP contribution in [-0.4, -0.2) is 56.6 Å². The third-order valence-electron chi connectivity index (χ3n) is 6.73. The van der Waals surface area contributed by atoms with E-state index in [0.29, 0.717) is 34.8 Å². The predicted octanol–water partition coefficient (Wildman–Crippen LogP) is 4.82. The van der Waals surface area contributed by atoms with Gasteiger partial charge in [-0.25, -0.2) is 28.1 Å². The van der Waals surface area contributed by atoms with Crippen molar-refractivity contribution in [3.8, 4) is 28.6 Å². The molecule has 0 amide bonds. The van der Waals surface area contributed by atoms with E-state index in [0.717, 1.165) is 30.3 Å². The Balaban J connectivity index is 1.31. The molecule has 0 aliphatic heterocycles. The maximum absolute atomic E-state index is 12.9. The van der Waals surface area contributed by atoms with E-state index in [1.165, 1.54) is 24.5 Å². The average Bonchev–Trinajstić information content (AvgIpc) is 3.42. The number of benzene rings is 2. The Morgan fingerprint density at radius 1 is 1.05 bits per heavy atom. The van der Waals surface area contributed by atoms with Crippen molar-refractivity contribution in [2.45, 2.75) is 43.4 Å². The quantitative estimate of drug-likeness (QED) is 0.240. The standard InChI is InChI=1S/C28H25F2N7O4S/c1-28(11-12-28)41-25-24-21(35-27(36-25)32-14-17-3-6-19(7-4-17)37-16-31-15-33-37)9-8-20(34-24)18-5-10-22(40-26(29)30)23(13-18)42(2,38)39/h3-10,13,15-16,26H,11-12,14H2,1-2H3,(H,32,35,36). The van der Waals surface area contributed by atoms with Gasteiger partial charge in [-0.3, -0.25) is 0 Å². The van der Waals surface area contributed by atoms with Gasteiger partial charge in [0.25, 0.3) is 0 Å². The maximum Gasteiger partial charge on any atom is 0.387 e. The molecule has 1 aliphatic rings. The Labute approximate surface area is 239 Å². The van der Waals surface area contributed by atoms with Crippen LogP contribution in [-0.2, 0) is 16.4 Å². The number of fused-ring (bicyclic) bond motifs is 1. The zero-order valence-corrected chi connectivity index (χ0v) is 23.3. The number of halogens is 2. The third kappa shape index (κ3) is 5.98. The van der Waals surface area contributed by atoms with Crippen LogP contribution in [0.5, 0.6) is 11.6 Å². The van der Waals surface area contributed by atoms with Crippen LogP contribution in [0, 0.1) is 0 Å². The van der Waals surface area contributed by atoms with E-state index < -0.39 is 22.2 Å². The fraction of sp³-hybridized carbons (Fsp3) is 0.250. The van der Waals surface area contributed by atoms with E-state index in [-0.39, 0.29) is 16.4 Å². The predicted molar refractivity (Wildman–Crippen MR) is 149 cm³/mol. The fourth-order valence-corrected chi connectivity index (χ4v) is 5.07. The number of nitrogens with zero attached hydrogens (tertiary/aromatic N) is 6. The highest BCUT2D eigenvalue weighted by Crippen LogP contribution is 2.41. The van der Waals surface area contributed by atoms with Crippen LogP contribution >= 0.6 is 0 Å². The summed E-state index contributed by atoms with van der Waals surface area (Å²) in [7, 11) is -3.88. The Hall–Kier alpha value is -4.72. The molecule has 0 bridgehead atoms. The average molecular weight is 594 g/mol. The molecule has 5 aromatic rings. The van der Waals surface area contributed by atoms with Gasteiger partial charge in [0, 0.05) is 18.4 Å². The van der Waals surface area contributed by atoms with Gasteiger partial charge in [-0.2, -0.15) is 18.9 Å². The van der Waals surface area contributed by atoms with E-state index in [2.05, 4.69) is 35.1 Å². The van der Waals surface area contributed by atoms with Gasteiger partial charge < -0.3 is 14.8 Å². The van der Waals surface area contributed by atoms with Crippen LogP contribution in [0.1, 0.15) is 25.3 Å². The van der Waals surface area contributed by atoms with Crippen LogP contribution in [0.25, 0.3) is 28.0 Å². The molecule has 6 rings (SSSR count). The molecule has 2 aromatic carbocycles. The van der Waals surface area contributed by atoms with E-state index in [1.807, 2.05) is 31.2 Å². The van der Waals surface area contributed by atoms with Crippen LogP contribution in [0.4, 0.5) is 14.7 Å². The molecule has 0 atom stereocenters. The normalized spacial score (nSPS) is 14.2. The van der Waals surface area contributed by atoms with Crippen LogP contribution < -0.4 is 14.8 Å². The number of pyridine rings is 1. The first-order chi connectivity index (χ1) is 20.1. The zero-order valence-electron chi connectivity index (χ0n) is 22.5. The molecule has 14 heteroatoms. The molecule has 1 fully saturated rings. The second-order valence-corrected chi connectivity index (χ2v) is 12.1. The van der Waals surface area contributed by atoms with Gasteiger partial charge in [0.15, 0.2) is 15.4 Å². The molecule has 1 aliphatic carbocycles. The molecule has 0 saturated heterocycles. The molecule has 0 unspecified atom stereocenters. The first kappa shape index (κ1) is 27.4. The third-order valence-corrected chi connectivity index (χ3v) is 7.85. The lowest BCUT2D eigenvalue weighted by Crippen LogP contribution is -2.15.